The quantitative estimate of drug-likeness (QED) is 0.631. The second-order valence-electron chi connectivity index (χ2n) is 5.37. The Bertz CT molecular complexity index is 532. The molecule has 0 saturated heterocycles. The van der Waals surface area contributed by atoms with Crippen LogP contribution in [0.15, 0.2) is 12.1 Å². The molecule has 0 aromatic carbocycles. The summed E-state index contributed by atoms with van der Waals surface area (Å²) in [4.78, 5) is 36.9. The van der Waals surface area contributed by atoms with Gasteiger partial charge in [0.2, 0.25) is 0 Å². The lowest BCUT2D eigenvalue weighted by atomic mass is 10.2. The van der Waals surface area contributed by atoms with Crippen molar-refractivity contribution in [1.82, 2.24) is 4.90 Å². The van der Waals surface area contributed by atoms with Crippen molar-refractivity contribution in [2.75, 3.05) is 14.2 Å². The minimum Gasteiger partial charge on any atom is -0.465 e. The molecule has 0 bridgehead atoms. The molecule has 116 valence electrons. The van der Waals surface area contributed by atoms with Gasteiger partial charge in [-0.15, -0.1) is 11.3 Å². The molecule has 0 saturated carbocycles. The van der Waals surface area contributed by atoms with Crippen LogP contribution in [0.25, 0.3) is 0 Å². The summed E-state index contributed by atoms with van der Waals surface area (Å²) in [5, 5.41) is 0. The largest absolute Gasteiger partial charge is 0.465 e. The van der Waals surface area contributed by atoms with Gasteiger partial charge in [-0.05, 0) is 32.9 Å². The summed E-state index contributed by atoms with van der Waals surface area (Å²) in [6.07, 6.45) is 0.0317. The fourth-order valence-electron chi connectivity index (χ4n) is 1.52. The van der Waals surface area contributed by atoms with Gasteiger partial charge in [-0.25, -0.2) is 9.59 Å². The van der Waals surface area contributed by atoms with E-state index in [1.165, 1.54) is 19.1 Å². The van der Waals surface area contributed by atoms with Crippen LogP contribution in [0.3, 0.4) is 0 Å². The van der Waals surface area contributed by atoms with Crippen molar-refractivity contribution in [2.45, 2.75) is 32.4 Å². The third-order valence-electron chi connectivity index (χ3n) is 2.53. The number of methoxy groups -OCH3 is 1. The van der Waals surface area contributed by atoms with Crippen molar-refractivity contribution in [3.8, 4) is 0 Å². The maximum Gasteiger partial charge on any atom is 0.410 e. The average molecular weight is 313 g/mol. The number of nitrogens with zero attached hydrogens (tertiary/aromatic N) is 1. The average Bonchev–Trinajstić information content (AvgIpc) is 2.86. The molecular weight excluding hydrogens is 294 g/mol. The molecule has 0 fully saturated rings. The standard InChI is InChI=1S/C14H19NO5S/c1-14(2,3)20-13(18)15(4)9(8-16)10-6-7-11(21-10)12(17)19-5/h6-9H,1-5H3. The van der Waals surface area contributed by atoms with E-state index < -0.39 is 23.7 Å². The normalized spacial score (nSPS) is 12.4. The Morgan fingerprint density at radius 2 is 1.95 bits per heavy atom. The third-order valence-corrected chi connectivity index (χ3v) is 3.67. The number of carbonyl (C=O) groups excluding carboxylic acids is 3. The lowest BCUT2D eigenvalue weighted by molar-refractivity contribution is -0.112. The van der Waals surface area contributed by atoms with Gasteiger partial charge in [0.15, 0.2) is 0 Å². The van der Waals surface area contributed by atoms with Gasteiger partial charge in [-0.3, -0.25) is 4.90 Å². The molecule has 0 spiro atoms. The summed E-state index contributed by atoms with van der Waals surface area (Å²) in [6.45, 7) is 5.24. The van der Waals surface area contributed by atoms with Crippen molar-refractivity contribution >= 4 is 29.7 Å². The predicted molar refractivity (Wildman–Crippen MR) is 78.5 cm³/mol. The van der Waals surface area contributed by atoms with Crippen molar-refractivity contribution in [2.24, 2.45) is 0 Å². The molecule has 1 aromatic rings. The van der Waals surface area contributed by atoms with E-state index in [4.69, 9.17) is 4.74 Å². The van der Waals surface area contributed by atoms with Gasteiger partial charge in [-0.1, -0.05) is 0 Å². The fourth-order valence-corrected chi connectivity index (χ4v) is 2.55. The Morgan fingerprint density at radius 3 is 2.43 bits per heavy atom. The molecule has 0 radical (unpaired) electrons. The molecule has 6 nitrogen and oxygen atoms in total. The number of likely N-dealkylation sites (N-methyl/N-ethyl adjacent to an activating group) is 1. The number of amides is 1. The molecule has 0 aliphatic heterocycles. The van der Waals surface area contributed by atoms with Gasteiger partial charge in [0.25, 0.3) is 0 Å². The Labute approximate surface area is 127 Å². The van der Waals surface area contributed by atoms with Crippen LogP contribution in [0.2, 0.25) is 0 Å². The molecule has 1 rings (SSSR count). The first-order chi connectivity index (χ1) is 9.69. The first kappa shape index (κ1) is 17.2. The van der Waals surface area contributed by atoms with E-state index >= 15 is 0 Å². The fraction of sp³-hybridized carbons (Fsp3) is 0.500. The summed E-state index contributed by atoms with van der Waals surface area (Å²) in [6, 6.07) is 2.38. The Morgan fingerprint density at radius 1 is 1.33 bits per heavy atom. The molecule has 0 aliphatic rings. The minimum atomic E-state index is -0.803. The van der Waals surface area contributed by atoms with E-state index in [0.29, 0.717) is 16.0 Å². The van der Waals surface area contributed by atoms with Gasteiger partial charge in [0.05, 0.1) is 7.11 Å². The SMILES string of the molecule is COC(=O)c1ccc(C(C=O)N(C)C(=O)OC(C)(C)C)s1. The molecule has 1 atom stereocenters. The number of aldehydes is 1. The highest BCUT2D eigenvalue weighted by Crippen LogP contribution is 2.27. The molecule has 0 aliphatic carbocycles. The summed E-state index contributed by atoms with van der Waals surface area (Å²) >= 11 is 1.11. The summed E-state index contributed by atoms with van der Waals surface area (Å²) < 4.78 is 9.83. The van der Waals surface area contributed by atoms with Gasteiger partial charge in [-0.2, -0.15) is 0 Å². The van der Waals surface area contributed by atoms with Crippen molar-refractivity contribution < 1.29 is 23.9 Å². The second kappa shape index (κ2) is 6.71. The van der Waals surface area contributed by atoms with Gasteiger partial charge in [0.1, 0.15) is 22.8 Å². The second-order valence-corrected chi connectivity index (χ2v) is 6.48. The maximum absolute atomic E-state index is 12.0. The minimum absolute atomic E-state index is 0.372. The zero-order chi connectivity index (χ0) is 16.2. The van der Waals surface area contributed by atoms with Crippen LogP contribution >= 0.6 is 11.3 Å². The number of rotatable bonds is 4. The van der Waals surface area contributed by atoms with Crippen LogP contribution in [0.4, 0.5) is 4.79 Å². The van der Waals surface area contributed by atoms with Gasteiger partial charge >= 0.3 is 12.1 Å². The molecule has 21 heavy (non-hydrogen) atoms. The van der Waals surface area contributed by atoms with Crippen LogP contribution in [-0.2, 0) is 14.3 Å². The van der Waals surface area contributed by atoms with Crippen LogP contribution in [0.5, 0.6) is 0 Å². The molecule has 7 heteroatoms. The maximum atomic E-state index is 12.0. The summed E-state index contributed by atoms with van der Waals surface area (Å²) in [5.74, 6) is -0.476. The molecule has 1 aromatic heterocycles. The van der Waals surface area contributed by atoms with E-state index in [1.54, 1.807) is 32.9 Å². The van der Waals surface area contributed by atoms with Gasteiger partial charge in [0, 0.05) is 11.9 Å². The highest BCUT2D eigenvalue weighted by atomic mass is 32.1. The predicted octanol–water partition coefficient (Wildman–Crippen LogP) is 2.64. The molecular formula is C14H19NO5S. The zero-order valence-corrected chi connectivity index (χ0v) is 13.5. The Hall–Kier alpha value is -1.89. The number of ether oxygens (including phenoxy) is 2. The smallest absolute Gasteiger partial charge is 0.410 e. The van der Waals surface area contributed by atoms with Crippen molar-refractivity contribution in [3.05, 3.63) is 21.9 Å². The van der Waals surface area contributed by atoms with Crippen molar-refractivity contribution in [3.63, 3.8) is 0 Å². The number of carbonyl (C=O) groups is 3. The van der Waals surface area contributed by atoms with E-state index in [0.717, 1.165) is 11.3 Å². The Kier molecular flexibility index (Phi) is 5.48. The molecule has 0 N–H and O–H groups in total. The Balaban J connectivity index is 2.92. The molecule has 1 heterocycles. The highest BCUT2D eigenvalue weighted by Gasteiger charge is 2.27. The van der Waals surface area contributed by atoms with E-state index in [-0.39, 0.29) is 0 Å². The highest BCUT2D eigenvalue weighted by molar-refractivity contribution is 7.14. The first-order valence-corrected chi connectivity index (χ1v) is 7.10. The summed E-state index contributed by atoms with van der Waals surface area (Å²) in [7, 11) is 2.76. The third kappa shape index (κ3) is 4.56. The topological polar surface area (TPSA) is 72.9 Å². The van der Waals surface area contributed by atoms with Crippen molar-refractivity contribution in [1.29, 1.82) is 0 Å². The zero-order valence-electron chi connectivity index (χ0n) is 12.7. The monoisotopic (exact) mass is 313 g/mol. The van der Waals surface area contributed by atoms with Crippen LogP contribution in [-0.4, -0.2) is 43.0 Å². The van der Waals surface area contributed by atoms with E-state index in [1.807, 2.05) is 0 Å². The van der Waals surface area contributed by atoms with Crippen LogP contribution < -0.4 is 0 Å². The molecule has 1 unspecified atom stereocenters. The van der Waals surface area contributed by atoms with E-state index in [9.17, 15) is 14.4 Å². The lowest BCUT2D eigenvalue weighted by Crippen LogP contribution is -2.37. The first-order valence-electron chi connectivity index (χ1n) is 6.28. The number of esters is 1. The van der Waals surface area contributed by atoms with E-state index in [2.05, 4.69) is 4.74 Å². The number of hydrogen-bond donors (Lipinski definition) is 0. The number of thiophene rings is 1. The van der Waals surface area contributed by atoms with Crippen LogP contribution in [0.1, 0.15) is 41.4 Å². The molecule has 1 amide bonds. The van der Waals surface area contributed by atoms with Gasteiger partial charge < -0.3 is 14.3 Å². The lowest BCUT2D eigenvalue weighted by Gasteiger charge is -2.27. The number of hydrogen-bond acceptors (Lipinski definition) is 6. The van der Waals surface area contributed by atoms with Crippen LogP contribution in [0, 0.1) is 0 Å². The summed E-state index contributed by atoms with van der Waals surface area (Å²) in [5.41, 5.74) is -0.647.